The third kappa shape index (κ3) is 3.28. The van der Waals surface area contributed by atoms with E-state index in [1.54, 1.807) is 0 Å². The zero-order valence-electron chi connectivity index (χ0n) is 8.23. The smallest absolute Gasteiger partial charge is 0.858 e. The molecule has 1 aromatic heterocycles. The maximum atomic E-state index is 10.8. The average molecular weight is 181 g/mol. The van der Waals surface area contributed by atoms with Crippen LogP contribution in [0.1, 0.15) is 10.4 Å². The molecule has 14 heavy (non-hydrogen) atoms. The predicted molar refractivity (Wildman–Crippen MR) is 34.6 cm³/mol. The number of hydrogen-bond acceptors (Lipinski definition) is 5. The number of aromatic carboxylic acids is 1. The van der Waals surface area contributed by atoms with Gasteiger partial charge in [0.05, 0.1) is 18.6 Å². The Bertz CT molecular complexity index is 319. The molecule has 0 fully saturated rings. The second kappa shape index (κ2) is 6.81. The molecule has 1 heterocycles. The Balaban J connectivity index is 0. The van der Waals surface area contributed by atoms with Crippen LogP contribution >= 0.6 is 0 Å². The van der Waals surface area contributed by atoms with Gasteiger partial charge in [0, 0.05) is 12.1 Å². The van der Waals surface area contributed by atoms with Gasteiger partial charge in [-0.2, -0.15) is 0 Å². The number of carboxylic acids is 1. The summed E-state index contributed by atoms with van der Waals surface area (Å²) in [7, 11) is 1.27. The van der Waals surface area contributed by atoms with Crippen LogP contribution in [0.15, 0.2) is 12.3 Å². The van der Waals surface area contributed by atoms with E-state index in [0.29, 0.717) is 0 Å². The van der Waals surface area contributed by atoms with Crippen LogP contribution in [0, 0.1) is 0 Å². The van der Waals surface area contributed by atoms with Crippen LogP contribution in [0.4, 0.5) is 0 Å². The number of carboxylic acid groups (broad SMARTS) is 1. The van der Waals surface area contributed by atoms with Crippen molar-refractivity contribution in [1.82, 2.24) is 4.98 Å². The van der Waals surface area contributed by atoms with Crippen LogP contribution < -0.4 is 52.7 Å². The van der Waals surface area contributed by atoms with E-state index in [1.165, 1.54) is 19.4 Å². The van der Waals surface area contributed by atoms with Gasteiger partial charge in [-0.15, -0.1) is 0 Å². The third-order valence-electron chi connectivity index (χ3n) is 1.30. The first-order valence-electron chi connectivity index (χ1n) is 3.08. The number of pyridine rings is 1. The number of ether oxygens (including phenoxy) is 1. The van der Waals surface area contributed by atoms with Crippen LogP contribution in [-0.4, -0.2) is 18.1 Å². The molecule has 0 unspecified atom stereocenters. The van der Waals surface area contributed by atoms with Gasteiger partial charge in [0.25, 0.3) is 0 Å². The minimum absolute atomic E-state index is 0. The van der Waals surface area contributed by atoms with Crippen molar-refractivity contribution in [2.45, 2.75) is 0 Å². The topological polar surface area (TPSA) is 85.3 Å². The van der Waals surface area contributed by atoms with Gasteiger partial charge in [-0.25, -0.2) is 0 Å². The van der Waals surface area contributed by atoms with E-state index >= 15 is 0 Å². The molecule has 0 saturated heterocycles. The Hall–Kier alpha value is -0.585. The minimum atomic E-state index is -1.58. The monoisotopic (exact) mass is 181 g/mol. The molecule has 7 heteroatoms. The van der Waals surface area contributed by atoms with Gasteiger partial charge in [-0.05, 0) is 6.07 Å². The van der Waals surface area contributed by atoms with E-state index in [4.69, 9.17) is 0 Å². The van der Waals surface area contributed by atoms with Crippen LogP contribution in [0.2, 0.25) is 0 Å². The fraction of sp³-hybridized carbons (Fsp3) is 0.143. The second-order valence-electron chi connectivity index (χ2n) is 1.98. The van der Waals surface area contributed by atoms with Crippen molar-refractivity contribution in [1.29, 1.82) is 0 Å². The molecule has 5 nitrogen and oxygen atoms in total. The summed E-state index contributed by atoms with van der Waals surface area (Å²) in [6.07, 6.45) is 1.17. The number of carbonyl (C=O) groups excluding carboxylic acids is 1. The van der Waals surface area contributed by atoms with Crippen LogP contribution in [0.5, 0.6) is 11.6 Å². The quantitative estimate of drug-likeness (QED) is 0.423. The fourth-order valence-electron chi connectivity index (χ4n) is 0.784. The van der Waals surface area contributed by atoms with Gasteiger partial charge >= 0.3 is 37.7 Å². The Kier molecular flexibility index (Phi) is 7.72. The van der Waals surface area contributed by atoms with Crippen LogP contribution in [0.25, 0.3) is 0 Å². The van der Waals surface area contributed by atoms with Gasteiger partial charge in [-0.3, -0.25) is 4.98 Å². The van der Waals surface area contributed by atoms with Crippen LogP contribution in [0.3, 0.4) is 0 Å². The van der Waals surface area contributed by atoms with Crippen molar-refractivity contribution in [2.24, 2.45) is 0 Å². The molecule has 0 saturated carbocycles. The van der Waals surface area contributed by atoms with Gasteiger partial charge in [0.1, 0.15) is 5.75 Å². The first-order valence-corrected chi connectivity index (χ1v) is 3.08. The van der Waals surface area contributed by atoms with Crippen LogP contribution in [-0.2, 0) is 0 Å². The molecule has 64 valence electrons. The molecule has 0 atom stereocenters. The Morgan fingerprint density at radius 1 is 1.50 bits per heavy atom. The summed E-state index contributed by atoms with van der Waals surface area (Å²) < 4.78 is 4.63. The fourth-order valence-corrected chi connectivity index (χ4v) is 0.784. The molecule has 0 radical (unpaired) electrons. The van der Waals surface area contributed by atoms with Gasteiger partial charge < -0.3 is 19.7 Å². The first-order chi connectivity index (χ1) is 5.66. The number of hydrogen-bond donors (Lipinski definition) is 0. The number of nitrogens with zero attached hydrogens (tertiary/aromatic N) is 1. The second-order valence-corrected chi connectivity index (χ2v) is 1.98. The molecule has 0 spiro atoms. The first kappa shape index (κ1) is 15.9. The van der Waals surface area contributed by atoms with Gasteiger partial charge in [0.15, 0.2) is 0 Å². The number of rotatable bonds is 2. The van der Waals surface area contributed by atoms with Crippen molar-refractivity contribution in [2.75, 3.05) is 7.11 Å². The zero-order valence-corrected chi connectivity index (χ0v) is 8.23. The molecule has 0 N–H and O–H groups in total. The molecule has 0 bridgehead atoms. The molecule has 0 amide bonds. The Labute approximate surface area is 105 Å². The van der Waals surface area contributed by atoms with E-state index in [0.717, 1.165) is 0 Å². The third-order valence-corrected chi connectivity index (χ3v) is 1.30. The molecule has 0 aliphatic carbocycles. The van der Waals surface area contributed by atoms with Gasteiger partial charge in [0.2, 0.25) is 0 Å². The molecule has 0 aliphatic rings. The average Bonchev–Trinajstić information content (AvgIpc) is 2.03. The Morgan fingerprint density at radius 3 is 2.43 bits per heavy atom. The number of aromatic nitrogens is 1. The van der Waals surface area contributed by atoms with Crippen molar-refractivity contribution in [3.05, 3.63) is 17.8 Å². The zero-order chi connectivity index (χ0) is 9.14. The molecular weight excluding hydrogens is 176 g/mol. The van der Waals surface area contributed by atoms with Crippen molar-refractivity contribution in [3.63, 3.8) is 0 Å². The summed E-state index contributed by atoms with van der Waals surface area (Å²) in [5.41, 5.74) is -0.542. The molecule has 1 aromatic rings. The molecule has 0 aromatic carbocycles. The van der Waals surface area contributed by atoms with Crippen molar-refractivity contribution >= 4 is 5.97 Å². The number of methoxy groups -OCH3 is 1. The van der Waals surface area contributed by atoms with E-state index in [1.807, 2.05) is 0 Å². The predicted octanol–water partition coefficient (Wildman–Crippen LogP) is -7.46. The number of carbonyl (C=O) groups is 1. The molecule has 0 aliphatic heterocycles. The standard InChI is InChI=1S/C7H7NO4.2Li/c1-12-4-2-3-8-6(9)5(4)7(10)11;;/h2-3H,1H3,(H,8,9)(H,10,11);;/q;2*+1/p-2. The summed E-state index contributed by atoms with van der Waals surface area (Å²) >= 11 is 0. The van der Waals surface area contributed by atoms with E-state index in [9.17, 15) is 15.0 Å². The van der Waals surface area contributed by atoms with Gasteiger partial charge in [-0.1, -0.05) is 0 Å². The molecular formula is C7H5Li2NO4. The minimum Gasteiger partial charge on any atom is -0.858 e. The summed E-state index contributed by atoms with van der Waals surface area (Å²) in [6, 6.07) is 1.28. The maximum Gasteiger partial charge on any atom is 1.00 e. The summed E-state index contributed by atoms with van der Waals surface area (Å²) in [4.78, 5) is 13.6. The van der Waals surface area contributed by atoms with E-state index in [-0.39, 0.29) is 43.5 Å². The van der Waals surface area contributed by atoms with Crippen molar-refractivity contribution in [3.8, 4) is 11.6 Å². The van der Waals surface area contributed by atoms with Crippen molar-refractivity contribution < 1.29 is 57.5 Å². The summed E-state index contributed by atoms with van der Waals surface area (Å²) in [5.74, 6) is -2.46. The maximum absolute atomic E-state index is 10.8. The summed E-state index contributed by atoms with van der Waals surface area (Å²) in [5, 5.41) is 21.2. The normalized spacial score (nSPS) is 8.07. The SMILES string of the molecule is COc1ccnc([O-])c1C(=O)[O-].[Li+].[Li+]. The van der Waals surface area contributed by atoms with E-state index in [2.05, 4.69) is 9.72 Å². The molecule has 1 rings (SSSR count). The Morgan fingerprint density at radius 2 is 2.07 bits per heavy atom. The summed E-state index contributed by atoms with van der Waals surface area (Å²) in [6.45, 7) is 0. The van der Waals surface area contributed by atoms with E-state index < -0.39 is 17.4 Å². The largest absolute Gasteiger partial charge is 1.00 e.